The van der Waals surface area contributed by atoms with Gasteiger partial charge in [0.1, 0.15) is 17.7 Å². The Balaban J connectivity index is 3.59. The van der Waals surface area contributed by atoms with Crippen molar-refractivity contribution in [3.05, 3.63) is 35.4 Å². The second-order valence-electron chi connectivity index (χ2n) is 11.9. The first kappa shape index (κ1) is 31.5. The maximum absolute atomic E-state index is 14.3. The lowest BCUT2D eigenvalue weighted by Gasteiger charge is -2.44. The number of rotatable bonds is 10. The largest absolute Gasteiger partial charge is 0.444 e. The van der Waals surface area contributed by atoms with Crippen LogP contribution in [0.5, 0.6) is 0 Å². The summed E-state index contributed by atoms with van der Waals surface area (Å²) in [5.74, 6) is -0.715. The van der Waals surface area contributed by atoms with E-state index in [1.54, 1.807) is 25.7 Å². The summed E-state index contributed by atoms with van der Waals surface area (Å²) in [7, 11) is 0. The van der Waals surface area contributed by atoms with Gasteiger partial charge < -0.3 is 20.3 Å². The Labute approximate surface area is 218 Å². The summed E-state index contributed by atoms with van der Waals surface area (Å²) < 4.78 is 5.47. The summed E-state index contributed by atoms with van der Waals surface area (Å²) in [6.45, 7) is 21.0. The van der Waals surface area contributed by atoms with Crippen molar-refractivity contribution < 1.29 is 19.1 Å². The molecule has 1 rings (SSSR count). The van der Waals surface area contributed by atoms with Crippen molar-refractivity contribution in [2.24, 2.45) is 5.92 Å². The third-order valence-electron chi connectivity index (χ3n) is 6.09. The van der Waals surface area contributed by atoms with Gasteiger partial charge in [-0.25, -0.2) is 4.79 Å². The van der Waals surface area contributed by atoms with E-state index in [2.05, 4.69) is 17.6 Å². The number of nitrogens with one attached hydrogen (secondary N) is 2. The van der Waals surface area contributed by atoms with Crippen LogP contribution in [0.3, 0.4) is 0 Å². The Hall–Kier alpha value is -2.57. The molecule has 0 saturated carbocycles. The monoisotopic (exact) mass is 503 g/mol. The van der Waals surface area contributed by atoms with Crippen LogP contribution >= 0.6 is 0 Å². The predicted molar refractivity (Wildman–Crippen MR) is 146 cm³/mol. The summed E-state index contributed by atoms with van der Waals surface area (Å²) >= 11 is 0. The lowest BCUT2D eigenvalue weighted by atomic mass is 9.91. The number of alkyl carbamates (subject to hydrolysis) is 1. The molecule has 0 aliphatic carbocycles. The van der Waals surface area contributed by atoms with E-state index in [1.807, 2.05) is 72.7 Å². The van der Waals surface area contributed by atoms with Crippen LogP contribution in [0.2, 0.25) is 0 Å². The van der Waals surface area contributed by atoms with Crippen LogP contribution in [0.4, 0.5) is 4.79 Å². The number of hydrogen-bond donors (Lipinski definition) is 2. The average molecular weight is 504 g/mol. The zero-order valence-corrected chi connectivity index (χ0v) is 24.3. The fraction of sp³-hybridized carbons (Fsp3) is 0.690. The van der Waals surface area contributed by atoms with Gasteiger partial charge in [0.15, 0.2) is 0 Å². The molecular formula is C29H49N3O4. The zero-order valence-electron chi connectivity index (χ0n) is 24.3. The minimum Gasteiger partial charge on any atom is -0.444 e. The third-order valence-corrected chi connectivity index (χ3v) is 6.09. The van der Waals surface area contributed by atoms with Crippen molar-refractivity contribution >= 4 is 17.9 Å². The molecule has 1 aromatic carbocycles. The number of benzene rings is 1. The van der Waals surface area contributed by atoms with Gasteiger partial charge in [0.25, 0.3) is 0 Å². The molecule has 0 radical (unpaired) electrons. The van der Waals surface area contributed by atoms with Gasteiger partial charge in [0, 0.05) is 11.6 Å². The number of amides is 3. The number of aryl methyl sites for hydroxylation is 1. The van der Waals surface area contributed by atoms with Gasteiger partial charge in [-0.1, -0.05) is 63.4 Å². The van der Waals surface area contributed by atoms with Crippen molar-refractivity contribution in [1.29, 1.82) is 0 Å². The van der Waals surface area contributed by atoms with E-state index in [0.717, 1.165) is 24.0 Å². The van der Waals surface area contributed by atoms with E-state index in [0.29, 0.717) is 6.42 Å². The Bertz CT molecular complexity index is 885. The lowest BCUT2D eigenvalue weighted by Crippen LogP contribution is -2.60. The standard InChI is InChI=1S/C29H49N3O4/c1-12-15-21(5)30-25(33)24(22-17-14-16-19(3)18-22)32(28(6,7)8)26(34)23(20(4)13-2)31-27(35)36-29(9,10)11/h14,16-18,20-21,23-24H,12-13,15H2,1-11H3,(H,30,33)(H,31,35). The Kier molecular flexibility index (Phi) is 11.5. The number of carbonyl (C=O) groups excluding carboxylic acids is 3. The molecule has 0 bridgehead atoms. The first-order valence-corrected chi connectivity index (χ1v) is 13.2. The summed E-state index contributed by atoms with van der Waals surface area (Å²) in [4.78, 5) is 42.4. The average Bonchev–Trinajstić information content (AvgIpc) is 2.72. The molecule has 3 amide bonds. The summed E-state index contributed by atoms with van der Waals surface area (Å²) in [6.07, 6.45) is 1.79. The molecule has 0 heterocycles. The summed E-state index contributed by atoms with van der Waals surface area (Å²) in [5.41, 5.74) is 0.326. The van der Waals surface area contributed by atoms with E-state index < -0.39 is 29.3 Å². The van der Waals surface area contributed by atoms with Crippen LogP contribution in [-0.4, -0.2) is 46.0 Å². The molecule has 0 spiro atoms. The quantitative estimate of drug-likeness (QED) is 0.416. The molecule has 4 unspecified atom stereocenters. The van der Waals surface area contributed by atoms with Crippen molar-refractivity contribution in [1.82, 2.24) is 15.5 Å². The number of hydrogen-bond acceptors (Lipinski definition) is 4. The zero-order chi connectivity index (χ0) is 27.8. The van der Waals surface area contributed by atoms with Crippen LogP contribution in [-0.2, 0) is 14.3 Å². The smallest absolute Gasteiger partial charge is 0.408 e. The first-order chi connectivity index (χ1) is 16.5. The highest BCUT2D eigenvalue weighted by Crippen LogP contribution is 2.32. The topological polar surface area (TPSA) is 87.7 Å². The maximum Gasteiger partial charge on any atom is 0.408 e. The third kappa shape index (κ3) is 9.47. The van der Waals surface area contributed by atoms with E-state index >= 15 is 0 Å². The number of carbonyl (C=O) groups is 3. The maximum atomic E-state index is 14.3. The molecule has 2 N–H and O–H groups in total. The molecule has 1 aromatic rings. The molecule has 0 aromatic heterocycles. The molecule has 7 nitrogen and oxygen atoms in total. The van der Waals surface area contributed by atoms with Crippen molar-refractivity contribution in [2.45, 2.75) is 125 Å². The molecule has 0 aliphatic heterocycles. The molecule has 36 heavy (non-hydrogen) atoms. The van der Waals surface area contributed by atoms with Gasteiger partial charge >= 0.3 is 6.09 Å². The highest BCUT2D eigenvalue weighted by atomic mass is 16.6. The highest BCUT2D eigenvalue weighted by molar-refractivity contribution is 5.93. The van der Waals surface area contributed by atoms with E-state index in [9.17, 15) is 14.4 Å². The SMILES string of the molecule is CCCC(C)NC(=O)C(c1cccc(C)c1)N(C(=O)C(NC(=O)OC(C)(C)C)C(C)CC)C(C)(C)C. The van der Waals surface area contributed by atoms with Gasteiger partial charge in [0.05, 0.1) is 0 Å². The molecule has 4 atom stereocenters. The van der Waals surface area contributed by atoms with Crippen LogP contribution in [0, 0.1) is 12.8 Å². The van der Waals surface area contributed by atoms with Crippen LogP contribution in [0.1, 0.15) is 106 Å². The van der Waals surface area contributed by atoms with Crippen molar-refractivity contribution in [2.75, 3.05) is 0 Å². The molecule has 204 valence electrons. The lowest BCUT2D eigenvalue weighted by molar-refractivity contribution is -0.149. The van der Waals surface area contributed by atoms with Gasteiger partial charge in [-0.15, -0.1) is 0 Å². The van der Waals surface area contributed by atoms with E-state index in [4.69, 9.17) is 4.74 Å². The predicted octanol–water partition coefficient (Wildman–Crippen LogP) is 5.91. The number of nitrogens with zero attached hydrogens (tertiary/aromatic N) is 1. The highest BCUT2D eigenvalue weighted by Gasteiger charge is 2.43. The van der Waals surface area contributed by atoms with Crippen LogP contribution in [0.15, 0.2) is 24.3 Å². The molecular weight excluding hydrogens is 454 g/mol. The normalized spacial score (nSPS) is 15.3. The first-order valence-electron chi connectivity index (χ1n) is 13.2. The van der Waals surface area contributed by atoms with E-state index in [1.165, 1.54) is 0 Å². The van der Waals surface area contributed by atoms with Gasteiger partial charge in [-0.2, -0.15) is 0 Å². The van der Waals surface area contributed by atoms with Crippen LogP contribution in [0.25, 0.3) is 0 Å². The second kappa shape index (κ2) is 13.1. The molecule has 7 heteroatoms. The molecule has 0 aliphatic rings. The minimum absolute atomic E-state index is 0.0306. The van der Waals surface area contributed by atoms with Gasteiger partial charge in [0.2, 0.25) is 11.8 Å². The number of ether oxygens (including phenoxy) is 1. The molecule has 0 saturated heterocycles. The summed E-state index contributed by atoms with van der Waals surface area (Å²) in [6, 6.07) is 5.95. The Morgan fingerprint density at radius 3 is 2.08 bits per heavy atom. The Morgan fingerprint density at radius 1 is 1.00 bits per heavy atom. The molecule has 0 fully saturated rings. The van der Waals surface area contributed by atoms with Gasteiger partial charge in [-0.05, 0) is 73.3 Å². The van der Waals surface area contributed by atoms with E-state index in [-0.39, 0.29) is 23.8 Å². The van der Waals surface area contributed by atoms with Crippen molar-refractivity contribution in [3.63, 3.8) is 0 Å². The van der Waals surface area contributed by atoms with Gasteiger partial charge in [-0.3, -0.25) is 9.59 Å². The van der Waals surface area contributed by atoms with Crippen LogP contribution < -0.4 is 10.6 Å². The minimum atomic E-state index is -0.858. The fourth-order valence-electron chi connectivity index (χ4n) is 4.20. The second-order valence-corrected chi connectivity index (χ2v) is 11.9. The fourth-order valence-corrected chi connectivity index (χ4v) is 4.20. The Morgan fingerprint density at radius 2 is 1.61 bits per heavy atom. The summed E-state index contributed by atoms with van der Waals surface area (Å²) in [5, 5.41) is 5.93. The van der Waals surface area contributed by atoms with Crippen molar-refractivity contribution in [3.8, 4) is 0 Å².